The van der Waals surface area contributed by atoms with Gasteiger partial charge in [-0.25, -0.2) is 0 Å². The lowest BCUT2D eigenvalue weighted by Crippen LogP contribution is -2.38. The summed E-state index contributed by atoms with van der Waals surface area (Å²) in [6.07, 6.45) is -0.348. The Bertz CT molecular complexity index is 602. The van der Waals surface area contributed by atoms with Crippen molar-refractivity contribution in [3.05, 3.63) is 46.2 Å². The first-order valence-electron chi connectivity index (χ1n) is 7.06. The van der Waals surface area contributed by atoms with Crippen LogP contribution in [0.3, 0.4) is 0 Å². The number of rotatable bonds is 7. The van der Waals surface area contributed by atoms with Gasteiger partial charge in [0, 0.05) is 18.6 Å². The predicted octanol–water partition coefficient (Wildman–Crippen LogP) is 2.07. The smallest absolute Gasteiger partial charge is 0.273 e. The van der Waals surface area contributed by atoms with Gasteiger partial charge in [-0.1, -0.05) is 6.58 Å². The number of hydrogen-bond donors (Lipinski definition) is 1. The van der Waals surface area contributed by atoms with Gasteiger partial charge in [0.15, 0.2) is 0 Å². The number of nitro groups is 1. The molecule has 0 aromatic heterocycles. The van der Waals surface area contributed by atoms with Crippen LogP contribution in [0.2, 0.25) is 0 Å². The quantitative estimate of drug-likeness (QED) is 0.465. The third-order valence-electron chi connectivity index (χ3n) is 3.12. The molecule has 2 rings (SSSR count). The summed E-state index contributed by atoms with van der Waals surface area (Å²) in [4.78, 5) is 10.4. The normalized spacial score (nSPS) is 23.5. The third kappa shape index (κ3) is 4.92. The zero-order valence-electron chi connectivity index (χ0n) is 13.1. The van der Waals surface area contributed by atoms with Crippen LogP contribution in [-0.2, 0) is 20.8 Å². The SMILES string of the molecule is C=C(C)OCc1ccc([N+](=O)[O-])cc1OCC1COC(C)(N)O1. The predicted molar refractivity (Wildman–Crippen MR) is 81.6 cm³/mol. The number of nitrogens with two attached hydrogens (primary N) is 1. The van der Waals surface area contributed by atoms with E-state index >= 15 is 0 Å². The molecule has 1 saturated heterocycles. The van der Waals surface area contributed by atoms with Crippen molar-refractivity contribution in [3.8, 4) is 5.75 Å². The first-order chi connectivity index (χ1) is 10.8. The van der Waals surface area contributed by atoms with E-state index in [0.717, 1.165) is 0 Å². The maximum absolute atomic E-state index is 10.9. The Morgan fingerprint density at radius 1 is 1.61 bits per heavy atom. The maximum Gasteiger partial charge on any atom is 0.273 e. The van der Waals surface area contributed by atoms with Crippen LogP contribution in [0.15, 0.2) is 30.5 Å². The molecule has 8 nitrogen and oxygen atoms in total. The molecular weight excluding hydrogens is 304 g/mol. The van der Waals surface area contributed by atoms with E-state index in [1.165, 1.54) is 12.1 Å². The van der Waals surface area contributed by atoms with Gasteiger partial charge >= 0.3 is 0 Å². The Balaban J connectivity index is 2.08. The van der Waals surface area contributed by atoms with E-state index in [4.69, 9.17) is 24.7 Å². The minimum absolute atomic E-state index is 0.0636. The molecule has 126 valence electrons. The van der Waals surface area contributed by atoms with E-state index in [1.54, 1.807) is 19.9 Å². The van der Waals surface area contributed by atoms with Crippen molar-refractivity contribution in [3.63, 3.8) is 0 Å². The van der Waals surface area contributed by atoms with Crippen molar-refractivity contribution in [1.29, 1.82) is 0 Å². The number of ether oxygens (including phenoxy) is 4. The average molecular weight is 324 g/mol. The Morgan fingerprint density at radius 2 is 2.35 bits per heavy atom. The van der Waals surface area contributed by atoms with Crippen LogP contribution < -0.4 is 10.5 Å². The number of benzene rings is 1. The summed E-state index contributed by atoms with van der Waals surface area (Å²) in [6.45, 7) is 7.63. The zero-order chi connectivity index (χ0) is 17.0. The second kappa shape index (κ2) is 6.95. The maximum atomic E-state index is 10.9. The summed E-state index contributed by atoms with van der Waals surface area (Å²) < 4.78 is 21.7. The molecule has 2 N–H and O–H groups in total. The molecule has 0 radical (unpaired) electrons. The van der Waals surface area contributed by atoms with E-state index in [9.17, 15) is 10.1 Å². The molecule has 23 heavy (non-hydrogen) atoms. The zero-order valence-corrected chi connectivity index (χ0v) is 13.1. The largest absolute Gasteiger partial charge is 0.494 e. The van der Waals surface area contributed by atoms with Gasteiger partial charge in [-0.3, -0.25) is 15.8 Å². The Morgan fingerprint density at radius 3 is 2.91 bits per heavy atom. The van der Waals surface area contributed by atoms with Crippen LogP contribution >= 0.6 is 0 Å². The molecule has 1 aromatic rings. The van der Waals surface area contributed by atoms with Gasteiger partial charge in [-0.15, -0.1) is 0 Å². The molecule has 0 amide bonds. The average Bonchev–Trinajstić information content (AvgIpc) is 2.82. The second-order valence-electron chi connectivity index (χ2n) is 5.42. The fraction of sp³-hybridized carbons (Fsp3) is 0.467. The Labute approximate surface area is 133 Å². The topological polar surface area (TPSA) is 106 Å². The van der Waals surface area contributed by atoms with Gasteiger partial charge in [0.2, 0.25) is 5.91 Å². The monoisotopic (exact) mass is 324 g/mol. The summed E-state index contributed by atoms with van der Waals surface area (Å²) in [7, 11) is 0. The number of non-ortho nitro benzene ring substituents is 1. The highest BCUT2D eigenvalue weighted by Crippen LogP contribution is 2.27. The van der Waals surface area contributed by atoms with Crippen molar-refractivity contribution in [2.75, 3.05) is 13.2 Å². The van der Waals surface area contributed by atoms with Gasteiger partial charge in [0.05, 0.1) is 23.4 Å². The lowest BCUT2D eigenvalue weighted by Gasteiger charge is -2.18. The molecule has 0 bridgehead atoms. The molecule has 2 atom stereocenters. The molecule has 0 aliphatic carbocycles. The first-order valence-corrected chi connectivity index (χ1v) is 7.06. The summed E-state index contributed by atoms with van der Waals surface area (Å²) in [5.74, 6) is -0.238. The van der Waals surface area contributed by atoms with Gasteiger partial charge in [0.1, 0.15) is 25.1 Å². The summed E-state index contributed by atoms with van der Waals surface area (Å²) >= 11 is 0. The number of allylic oxidation sites excluding steroid dienone is 1. The lowest BCUT2D eigenvalue weighted by molar-refractivity contribution is -0.385. The summed E-state index contributed by atoms with van der Waals surface area (Å²) in [6, 6.07) is 4.35. The molecule has 1 heterocycles. The third-order valence-corrected chi connectivity index (χ3v) is 3.12. The molecule has 0 spiro atoms. The molecule has 1 fully saturated rings. The van der Waals surface area contributed by atoms with Crippen molar-refractivity contribution >= 4 is 5.69 Å². The van der Waals surface area contributed by atoms with Gasteiger partial charge in [-0.05, 0) is 13.0 Å². The fourth-order valence-corrected chi connectivity index (χ4v) is 2.03. The van der Waals surface area contributed by atoms with E-state index < -0.39 is 10.8 Å². The highest BCUT2D eigenvalue weighted by atomic mass is 16.8. The fourth-order valence-electron chi connectivity index (χ4n) is 2.03. The van der Waals surface area contributed by atoms with Crippen LogP contribution in [0.4, 0.5) is 5.69 Å². The highest BCUT2D eigenvalue weighted by Gasteiger charge is 2.34. The van der Waals surface area contributed by atoms with Crippen molar-refractivity contribution in [1.82, 2.24) is 0 Å². The van der Waals surface area contributed by atoms with Crippen LogP contribution in [0.5, 0.6) is 5.75 Å². The molecular formula is C15H20N2O6. The Hall–Kier alpha value is -2.16. The van der Waals surface area contributed by atoms with Gasteiger partial charge in [0.25, 0.3) is 5.69 Å². The van der Waals surface area contributed by atoms with E-state index in [1.807, 2.05) is 0 Å². The van der Waals surface area contributed by atoms with Gasteiger partial charge in [-0.2, -0.15) is 0 Å². The molecule has 1 aromatic carbocycles. The van der Waals surface area contributed by atoms with Crippen LogP contribution in [0.25, 0.3) is 0 Å². The van der Waals surface area contributed by atoms with E-state index in [-0.39, 0.29) is 25.0 Å². The number of nitro benzene ring substituents is 1. The molecule has 1 aliphatic heterocycles. The minimum Gasteiger partial charge on any atom is -0.494 e. The highest BCUT2D eigenvalue weighted by molar-refractivity contribution is 5.44. The number of nitrogens with zero attached hydrogens (tertiary/aromatic N) is 1. The van der Waals surface area contributed by atoms with Crippen LogP contribution in [0, 0.1) is 10.1 Å². The molecule has 2 unspecified atom stereocenters. The lowest BCUT2D eigenvalue weighted by atomic mass is 10.2. The standard InChI is InChI=1S/C15H20N2O6/c1-10(2)20-7-11-4-5-12(17(18)19)6-14(11)21-8-13-9-22-15(3,16)23-13/h4-6,13H,1,7-9,16H2,2-3H3. The minimum atomic E-state index is -1.14. The van der Waals surface area contributed by atoms with E-state index in [2.05, 4.69) is 6.58 Å². The first kappa shape index (κ1) is 17.2. The molecule has 8 heteroatoms. The van der Waals surface area contributed by atoms with Crippen molar-refractivity contribution < 1.29 is 23.9 Å². The Kier molecular flexibility index (Phi) is 5.19. The molecule has 0 saturated carbocycles. The van der Waals surface area contributed by atoms with E-state index in [0.29, 0.717) is 23.7 Å². The summed E-state index contributed by atoms with van der Waals surface area (Å²) in [5.41, 5.74) is 6.30. The molecule has 1 aliphatic rings. The second-order valence-corrected chi connectivity index (χ2v) is 5.42. The van der Waals surface area contributed by atoms with Crippen LogP contribution in [0.1, 0.15) is 19.4 Å². The van der Waals surface area contributed by atoms with Crippen molar-refractivity contribution in [2.24, 2.45) is 5.73 Å². The summed E-state index contributed by atoms with van der Waals surface area (Å²) in [5, 5.41) is 10.9. The van der Waals surface area contributed by atoms with Gasteiger partial charge < -0.3 is 18.9 Å². The van der Waals surface area contributed by atoms with Crippen LogP contribution in [-0.4, -0.2) is 30.2 Å². The number of hydrogen-bond acceptors (Lipinski definition) is 7. The van der Waals surface area contributed by atoms with Crippen molar-refractivity contribution in [2.45, 2.75) is 32.5 Å².